The average molecular weight is 453 g/mol. The first kappa shape index (κ1) is 22.2. The van der Waals surface area contributed by atoms with Gasteiger partial charge in [0, 0.05) is 17.7 Å². The summed E-state index contributed by atoms with van der Waals surface area (Å²) >= 11 is 0. The lowest BCUT2D eigenvalue weighted by Crippen LogP contribution is -2.54. The van der Waals surface area contributed by atoms with Gasteiger partial charge in [0.05, 0.1) is 17.2 Å². The number of fused-ring (bicyclic) bond motifs is 1. The number of piperidine rings is 1. The second kappa shape index (κ2) is 8.49. The van der Waals surface area contributed by atoms with E-state index in [1.165, 1.54) is 18.2 Å². The van der Waals surface area contributed by atoms with Crippen molar-refractivity contribution >= 4 is 35.2 Å². The summed E-state index contributed by atoms with van der Waals surface area (Å²) in [5.74, 6) is -2.50. The minimum atomic E-state index is -1.05. The summed E-state index contributed by atoms with van der Waals surface area (Å²) < 4.78 is 5.62. The molecule has 0 spiro atoms. The number of amides is 5. The number of hydrogen-bond acceptors (Lipinski definition) is 7. The molecule has 172 valence electrons. The van der Waals surface area contributed by atoms with Crippen LogP contribution in [0.5, 0.6) is 5.88 Å². The monoisotopic (exact) mass is 453 g/mol. The van der Waals surface area contributed by atoms with Gasteiger partial charge in [-0.3, -0.25) is 39.3 Å². The summed E-state index contributed by atoms with van der Waals surface area (Å²) in [7, 11) is 0. The van der Waals surface area contributed by atoms with E-state index in [1.807, 2.05) is 20.8 Å². The zero-order valence-electron chi connectivity index (χ0n) is 18.4. The molecule has 1 saturated heterocycles. The average Bonchev–Trinajstić information content (AvgIpc) is 3.26. The molecule has 1 fully saturated rings. The van der Waals surface area contributed by atoms with Crippen LogP contribution in [0, 0.1) is 0 Å². The third-order valence-electron chi connectivity index (χ3n) is 5.45. The highest BCUT2D eigenvalue weighted by molar-refractivity contribution is 6.24. The normalized spacial score (nSPS) is 17.9. The summed E-state index contributed by atoms with van der Waals surface area (Å²) in [5, 5.41) is 11.6. The van der Waals surface area contributed by atoms with Gasteiger partial charge in [-0.15, -0.1) is 5.10 Å². The number of ether oxygens (including phenoxy) is 1. The van der Waals surface area contributed by atoms with Crippen LogP contribution in [0.4, 0.5) is 5.69 Å². The number of aromatic nitrogens is 2. The number of hydrogen-bond donors (Lipinski definition) is 3. The number of H-pyrrole nitrogens is 1. The van der Waals surface area contributed by atoms with Crippen LogP contribution in [0.3, 0.4) is 0 Å². The van der Waals surface area contributed by atoms with Crippen molar-refractivity contribution in [2.75, 3.05) is 5.32 Å². The number of rotatable bonds is 6. The van der Waals surface area contributed by atoms with E-state index in [2.05, 4.69) is 20.8 Å². The van der Waals surface area contributed by atoms with Gasteiger partial charge in [-0.05, 0) is 44.9 Å². The minimum Gasteiger partial charge on any atom is -0.474 e. The molecule has 1 aromatic heterocycles. The minimum absolute atomic E-state index is 0.0393. The molecule has 11 heteroatoms. The van der Waals surface area contributed by atoms with Crippen molar-refractivity contribution in [3.8, 4) is 5.88 Å². The highest BCUT2D eigenvalue weighted by atomic mass is 16.5. The smallest absolute Gasteiger partial charge is 0.274 e. The summed E-state index contributed by atoms with van der Waals surface area (Å²) in [6.07, 6.45) is 0.513. The Kier molecular flexibility index (Phi) is 5.71. The van der Waals surface area contributed by atoms with Gasteiger partial charge >= 0.3 is 0 Å². The van der Waals surface area contributed by atoms with Crippen LogP contribution in [-0.2, 0) is 16.0 Å². The highest BCUT2D eigenvalue weighted by Gasteiger charge is 2.44. The lowest BCUT2D eigenvalue weighted by atomic mass is 10.0. The van der Waals surface area contributed by atoms with E-state index in [-0.39, 0.29) is 35.8 Å². The molecule has 11 nitrogen and oxygen atoms in total. The van der Waals surface area contributed by atoms with E-state index in [0.29, 0.717) is 23.6 Å². The molecule has 5 amide bonds. The first-order valence-electron chi connectivity index (χ1n) is 10.6. The maximum atomic E-state index is 12.9. The fraction of sp³-hybridized carbons (Fsp3) is 0.364. The van der Waals surface area contributed by atoms with Gasteiger partial charge in [0.25, 0.3) is 17.7 Å². The van der Waals surface area contributed by atoms with Gasteiger partial charge in [-0.25, -0.2) is 0 Å². The maximum Gasteiger partial charge on any atom is 0.274 e. The van der Waals surface area contributed by atoms with Gasteiger partial charge < -0.3 is 10.1 Å². The number of aromatic amines is 1. The van der Waals surface area contributed by atoms with Crippen LogP contribution in [-0.4, -0.2) is 56.8 Å². The Bertz CT molecular complexity index is 1180. The molecule has 0 bridgehead atoms. The van der Waals surface area contributed by atoms with Crippen molar-refractivity contribution in [1.29, 1.82) is 0 Å². The van der Waals surface area contributed by atoms with Crippen LogP contribution < -0.4 is 15.4 Å². The van der Waals surface area contributed by atoms with Gasteiger partial charge in [0.2, 0.25) is 17.7 Å². The molecule has 3 N–H and O–H groups in total. The molecular formula is C22H23N5O6. The lowest BCUT2D eigenvalue weighted by molar-refractivity contribution is -0.136. The molecule has 0 aliphatic carbocycles. The van der Waals surface area contributed by atoms with Crippen LogP contribution in [0.2, 0.25) is 0 Å². The maximum absolute atomic E-state index is 12.9. The van der Waals surface area contributed by atoms with Crippen molar-refractivity contribution < 1.29 is 28.7 Å². The fourth-order valence-corrected chi connectivity index (χ4v) is 3.93. The molecule has 1 aromatic carbocycles. The Morgan fingerprint density at radius 1 is 1.21 bits per heavy atom. The Morgan fingerprint density at radius 2 is 1.94 bits per heavy atom. The van der Waals surface area contributed by atoms with Crippen LogP contribution in [0.25, 0.3) is 0 Å². The number of nitrogens with zero attached hydrogens (tertiary/aromatic N) is 2. The fourth-order valence-electron chi connectivity index (χ4n) is 3.93. The van der Waals surface area contributed by atoms with Crippen LogP contribution in [0.15, 0.2) is 18.2 Å². The summed E-state index contributed by atoms with van der Waals surface area (Å²) in [5.41, 5.74) is 1.37. The van der Waals surface area contributed by atoms with Crippen molar-refractivity contribution in [2.24, 2.45) is 0 Å². The highest BCUT2D eigenvalue weighted by Crippen LogP contribution is 2.30. The first-order valence-corrected chi connectivity index (χ1v) is 10.6. The Morgan fingerprint density at radius 3 is 2.61 bits per heavy atom. The van der Waals surface area contributed by atoms with E-state index in [1.54, 1.807) is 0 Å². The number of imide groups is 2. The number of benzene rings is 1. The number of nitrogens with one attached hydrogen (secondary N) is 3. The third kappa shape index (κ3) is 3.97. The first-order chi connectivity index (χ1) is 15.7. The van der Waals surface area contributed by atoms with Crippen molar-refractivity contribution in [3.63, 3.8) is 0 Å². The van der Waals surface area contributed by atoms with E-state index < -0.39 is 35.6 Å². The largest absolute Gasteiger partial charge is 0.474 e. The molecule has 1 atom stereocenters. The van der Waals surface area contributed by atoms with Crippen molar-refractivity contribution in [2.45, 2.75) is 52.2 Å². The zero-order chi connectivity index (χ0) is 23.9. The number of carbonyl (C=O) groups excluding carboxylic acids is 5. The molecule has 2 aromatic rings. The topological polar surface area (TPSA) is 151 Å². The Labute approximate surface area is 188 Å². The standard InChI is InChI=1S/C22H23N5O6/c1-4-12-17(25-26-20(12)33-10(2)3)19(30)23-11-5-6-13-14(9-11)22(32)27(21(13)31)15-7-8-16(28)24-18(15)29/h5-6,9-10,15H,4,7-8H2,1-3H3,(H,23,30)(H,25,26)(H,24,28,29). The zero-order valence-corrected chi connectivity index (χ0v) is 18.4. The summed E-state index contributed by atoms with van der Waals surface area (Å²) in [6.45, 7) is 5.58. The van der Waals surface area contributed by atoms with Crippen LogP contribution >= 0.6 is 0 Å². The molecule has 0 radical (unpaired) electrons. The van der Waals surface area contributed by atoms with E-state index >= 15 is 0 Å². The summed E-state index contributed by atoms with van der Waals surface area (Å²) in [6, 6.07) is 3.28. The molecule has 33 heavy (non-hydrogen) atoms. The van der Waals surface area contributed by atoms with E-state index in [0.717, 1.165) is 4.90 Å². The third-order valence-corrected chi connectivity index (χ3v) is 5.45. The second-order valence-electron chi connectivity index (χ2n) is 8.06. The number of carbonyl (C=O) groups is 5. The molecular weight excluding hydrogens is 430 g/mol. The molecule has 1 unspecified atom stereocenters. The Balaban J connectivity index is 1.55. The van der Waals surface area contributed by atoms with Gasteiger partial charge in [-0.2, -0.15) is 0 Å². The van der Waals surface area contributed by atoms with Crippen molar-refractivity contribution in [1.82, 2.24) is 20.4 Å². The molecule has 2 aliphatic rings. The van der Waals surface area contributed by atoms with Crippen molar-refractivity contribution in [3.05, 3.63) is 40.6 Å². The SMILES string of the molecule is CCc1c(OC(C)C)n[nH]c1C(=O)Nc1ccc2c(c1)C(=O)N(C1CCC(=O)NC1=O)C2=O. The van der Waals surface area contributed by atoms with Gasteiger partial charge in [-0.1, -0.05) is 6.92 Å². The predicted molar refractivity (Wildman–Crippen MR) is 115 cm³/mol. The molecule has 4 rings (SSSR count). The number of anilines is 1. The van der Waals surface area contributed by atoms with Crippen LogP contribution in [0.1, 0.15) is 70.4 Å². The van der Waals surface area contributed by atoms with E-state index in [9.17, 15) is 24.0 Å². The lowest BCUT2D eigenvalue weighted by Gasteiger charge is -2.27. The van der Waals surface area contributed by atoms with E-state index in [4.69, 9.17) is 4.74 Å². The predicted octanol–water partition coefficient (Wildman–Crippen LogP) is 1.41. The Hall–Kier alpha value is -4.02. The van der Waals surface area contributed by atoms with Gasteiger partial charge in [0.15, 0.2) is 0 Å². The molecule has 3 heterocycles. The molecule has 0 saturated carbocycles. The summed E-state index contributed by atoms with van der Waals surface area (Å²) in [4.78, 5) is 63.0. The second-order valence-corrected chi connectivity index (χ2v) is 8.06. The molecule has 2 aliphatic heterocycles. The quantitative estimate of drug-likeness (QED) is 0.560. The van der Waals surface area contributed by atoms with Gasteiger partial charge in [0.1, 0.15) is 11.7 Å².